The van der Waals surface area contributed by atoms with E-state index >= 15 is 0 Å². The number of nitrogens with zero attached hydrogens (tertiary/aromatic N) is 2. The maximum atomic E-state index is 13.9. The van der Waals surface area contributed by atoms with Crippen molar-refractivity contribution in [1.82, 2.24) is 15.1 Å². The Balaban J connectivity index is 1.47. The average molecular weight is 410 g/mol. The molecule has 0 aliphatic carbocycles. The standard InChI is InChI=1S/C22H20F2N4O2/c1-13-10-20(27-28(13)12-15-11-16(23)7-8-17(15)24)22(30)26-19-9-6-14-4-2-3-5-18(14)25-21(19)29/h2-5,7-8,10-11,19H,6,9,12H2,1H3,(H,25,29)(H,26,30)/t19-/m0/s1. The second kappa shape index (κ2) is 8.06. The molecule has 0 saturated heterocycles. The van der Waals surface area contributed by atoms with E-state index in [1.165, 1.54) is 4.68 Å². The van der Waals surface area contributed by atoms with Gasteiger partial charge in [0.1, 0.15) is 23.4 Å². The summed E-state index contributed by atoms with van der Waals surface area (Å²) in [5.41, 5.74) is 2.62. The predicted molar refractivity (Wildman–Crippen MR) is 107 cm³/mol. The van der Waals surface area contributed by atoms with E-state index in [4.69, 9.17) is 0 Å². The smallest absolute Gasteiger partial charge is 0.272 e. The normalized spacial score (nSPS) is 15.8. The molecule has 2 heterocycles. The Morgan fingerprint density at radius 1 is 1.23 bits per heavy atom. The van der Waals surface area contributed by atoms with E-state index in [1.807, 2.05) is 24.3 Å². The second-order valence-electron chi connectivity index (χ2n) is 7.28. The van der Waals surface area contributed by atoms with E-state index in [1.54, 1.807) is 13.0 Å². The van der Waals surface area contributed by atoms with Gasteiger partial charge in [-0.25, -0.2) is 8.78 Å². The summed E-state index contributed by atoms with van der Waals surface area (Å²) in [6.45, 7) is 1.71. The van der Waals surface area contributed by atoms with Crippen molar-refractivity contribution in [1.29, 1.82) is 0 Å². The minimum absolute atomic E-state index is 0.0120. The summed E-state index contributed by atoms with van der Waals surface area (Å²) in [6, 6.07) is 11.6. The molecular formula is C22H20F2N4O2. The first-order valence-electron chi connectivity index (χ1n) is 9.59. The zero-order chi connectivity index (χ0) is 21.3. The first-order chi connectivity index (χ1) is 14.4. The molecule has 8 heteroatoms. The third-order valence-corrected chi connectivity index (χ3v) is 5.14. The van der Waals surface area contributed by atoms with Crippen LogP contribution in [0.25, 0.3) is 0 Å². The number of aromatic nitrogens is 2. The summed E-state index contributed by atoms with van der Waals surface area (Å²) < 4.78 is 28.8. The number of carbonyl (C=O) groups is 2. The quantitative estimate of drug-likeness (QED) is 0.694. The summed E-state index contributed by atoms with van der Waals surface area (Å²) in [5.74, 6) is -1.88. The van der Waals surface area contributed by atoms with Crippen molar-refractivity contribution < 1.29 is 18.4 Å². The van der Waals surface area contributed by atoms with Gasteiger partial charge in [-0.3, -0.25) is 14.3 Å². The van der Waals surface area contributed by atoms with Crippen LogP contribution in [0.5, 0.6) is 0 Å². The van der Waals surface area contributed by atoms with E-state index in [0.29, 0.717) is 18.5 Å². The summed E-state index contributed by atoms with van der Waals surface area (Å²) >= 11 is 0. The number of fused-ring (bicyclic) bond motifs is 1. The number of para-hydroxylation sites is 1. The van der Waals surface area contributed by atoms with Gasteiger partial charge in [0.05, 0.1) is 6.54 Å². The molecule has 2 N–H and O–H groups in total. The fourth-order valence-corrected chi connectivity index (χ4v) is 3.49. The molecule has 0 radical (unpaired) electrons. The molecule has 30 heavy (non-hydrogen) atoms. The molecule has 1 aliphatic rings. The van der Waals surface area contributed by atoms with Crippen LogP contribution in [0.3, 0.4) is 0 Å². The summed E-state index contributed by atoms with van der Waals surface area (Å²) in [4.78, 5) is 25.2. The molecule has 0 saturated carbocycles. The lowest BCUT2D eigenvalue weighted by atomic mass is 10.1. The van der Waals surface area contributed by atoms with E-state index in [2.05, 4.69) is 15.7 Å². The van der Waals surface area contributed by atoms with Crippen molar-refractivity contribution in [2.45, 2.75) is 32.4 Å². The monoisotopic (exact) mass is 410 g/mol. The number of hydrogen-bond donors (Lipinski definition) is 2. The number of rotatable bonds is 4. The zero-order valence-corrected chi connectivity index (χ0v) is 16.3. The number of nitrogens with one attached hydrogen (secondary N) is 2. The Hall–Kier alpha value is -3.55. The fourth-order valence-electron chi connectivity index (χ4n) is 3.49. The molecule has 1 atom stereocenters. The highest BCUT2D eigenvalue weighted by molar-refractivity contribution is 6.01. The molecule has 1 aliphatic heterocycles. The highest BCUT2D eigenvalue weighted by Crippen LogP contribution is 2.21. The Kier molecular flexibility index (Phi) is 5.31. The largest absolute Gasteiger partial charge is 0.339 e. The lowest BCUT2D eigenvalue weighted by Crippen LogP contribution is -2.43. The lowest BCUT2D eigenvalue weighted by Gasteiger charge is -2.14. The summed E-state index contributed by atoms with van der Waals surface area (Å²) in [7, 11) is 0. The van der Waals surface area contributed by atoms with Crippen LogP contribution in [0.4, 0.5) is 14.5 Å². The maximum absolute atomic E-state index is 13.9. The van der Waals surface area contributed by atoms with Crippen molar-refractivity contribution in [3.8, 4) is 0 Å². The molecule has 0 bridgehead atoms. The summed E-state index contributed by atoms with van der Waals surface area (Å²) in [6.07, 6.45) is 1.11. The number of carbonyl (C=O) groups excluding carboxylic acids is 2. The van der Waals surface area contributed by atoms with Gasteiger partial charge in [0.2, 0.25) is 5.91 Å². The Morgan fingerprint density at radius 3 is 2.87 bits per heavy atom. The molecule has 6 nitrogen and oxygen atoms in total. The summed E-state index contributed by atoms with van der Waals surface area (Å²) in [5, 5.41) is 9.77. The average Bonchev–Trinajstić information content (AvgIpc) is 3.00. The van der Waals surface area contributed by atoms with Crippen LogP contribution in [0.1, 0.15) is 33.7 Å². The second-order valence-corrected chi connectivity index (χ2v) is 7.28. The molecule has 2 amide bonds. The number of aryl methyl sites for hydroxylation is 2. The first kappa shape index (κ1) is 19.8. The SMILES string of the molecule is Cc1cc(C(=O)N[C@H]2CCc3ccccc3NC2=O)nn1Cc1cc(F)ccc1F. The number of benzene rings is 2. The molecule has 3 aromatic rings. The van der Waals surface area contributed by atoms with Crippen LogP contribution >= 0.6 is 0 Å². The van der Waals surface area contributed by atoms with E-state index in [9.17, 15) is 18.4 Å². The van der Waals surface area contributed by atoms with Crippen molar-refractivity contribution in [2.75, 3.05) is 5.32 Å². The highest BCUT2D eigenvalue weighted by Gasteiger charge is 2.26. The molecule has 0 fully saturated rings. The van der Waals surface area contributed by atoms with Gasteiger partial charge in [-0.15, -0.1) is 0 Å². The third kappa shape index (κ3) is 4.07. The number of amides is 2. The topological polar surface area (TPSA) is 76.0 Å². The van der Waals surface area contributed by atoms with Crippen LogP contribution in [-0.2, 0) is 17.8 Å². The van der Waals surface area contributed by atoms with Gasteiger partial charge < -0.3 is 10.6 Å². The Morgan fingerprint density at radius 2 is 2.03 bits per heavy atom. The molecule has 0 unspecified atom stereocenters. The Bertz CT molecular complexity index is 1130. The van der Waals surface area contributed by atoms with Gasteiger partial charge in [0.25, 0.3) is 5.91 Å². The van der Waals surface area contributed by atoms with E-state index in [-0.39, 0.29) is 23.7 Å². The van der Waals surface area contributed by atoms with Gasteiger partial charge in [0.15, 0.2) is 0 Å². The van der Waals surface area contributed by atoms with Crippen molar-refractivity contribution in [2.24, 2.45) is 0 Å². The van der Waals surface area contributed by atoms with Gasteiger partial charge in [-0.05, 0) is 55.7 Å². The van der Waals surface area contributed by atoms with Crippen molar-refractivity contribution >= 4 is 17.5 Å². The van der Waals surface area contributed by atoms with Crippen LogP contribution in [-0.4, -0.2) is 27.6 Å². The van der Waals surface area contributed by atoms with Crippen LogP contribution in [0.2, 0.25) is 0 Å². The van der Waals surface area contributed by atoms with Gasteiger partial charge in [-0.1, -0.05) is 18.2 Å². The highest BCUT2D eigenvalue weighted by atomic mass is 19.1. The maximum Gasteiger partial charge on any atom is 0.272 e. The van der Waals surface area contributed by atoms with E-state index < -0.39 is 23.6 Å². The molecule has 4 rings (SSSR count). The van der Waals surface area contributed by atoms with Crippen LogP contribution in [0.15, 0.2) is 48.5 Å². The minimum Gasteiger partial charge on any atom is -0.339 e. The molecule has 1 aromatic heterocycles. The number of anilines is 1. The molecule has 2 aromatic carbocycles. The lowest BCUT2D eigenvalue weighted by molar-refractivity contribution is -0.118. The fraction of sp³-hybridized carbons (Fsp3) is 0.227. The van der Waals surface area contributed by atoms with Crippen LogP contribution < -0.4 is 10.6 Å². The molecule has 0 spiro atoms. The van der Waals surface area contributed by atoms with Gasteiger partial charge in [-0.2, -0.15) is 5.10 Å². The van der Waals surface area contributed by atoms with Gasteiger partial charge >= 0.3 is 0 Å². The zero-order valence-electron chi connectivity index (χ0n) is 16.3. The Labute approximate surface area is 171 Å². The van der Waals surface area contributed by atoms with Crippen molar-refractivity contribution in [3.63, 3.8) is 0 Å². The predicted octanol–water partition coefficient (Wildman–Crippen LogP) is 3.20. The van der Waals surface area contributed by atoms with Gasteiger partial charge in [0, 0.05) is 16.9 Å². The molecular weight excluding hydrogens is 390 g/mol. The molecule has 154 valence electrons. The number of halogens is 2. The minimum atomic E-state index is -0.698. The first-order valence-corrected chi connectivity index (χ1v) is 9.59. The number of hydrogen-bond acceptors (Lipinski definition) is 3. The third-order valence-electron chi connectivity index (χ3n) is 5.14. The van der Waals surface area contributed by atoms with Crippen LogP contribution in [0, 0.1) is 18.6 Å². The van der Waals surface area contributed by atoms with Crippen molar-refractivity contribution in [3.05, 3.63) is 82.7 Å². The van der Waals surface area contributed by atoms with E-state index in [0.717, 1.165) is 29.4 Å².